The Morgan fingerprint density at radius 3 is 2.68 bits per heavy atom. The van der Waals surface area contributed by atoms with Crippen molar-refractivity contribution in [2.45, 2.75) is 36.5 Å². The number of rotatable bonds is 4. The number of thioether (sulfide) groups is 1. The van der Waals surface area contributed by atoms with Crippen LogP contribution in [0, 0.1) is 0 Å². The summed E-state index contributed by atoms with van der Waals surface area (Å²) in [6.07, 6.45) is -1.55. The number of amides is 2. The maximum Gasteiger partial charge on any atom is 0.416 e. The molecule has 2 aliphatic heterocycles. The van der Waals surface area contributed by atoms with Crippen LogP contribution in [0.3, 0.4) is 0 Å². The summed E-state index contributed by atoms with van der Waals surface area (Å²) < 4.78 is 43.7. The predicted molar refractivity (Wildman–Crippen MR) is 109 cm³/mol. The molecule has 0 bridgehead atoms. The Labute approximate surface area is 181 Å². The average molecular weight is 453 g/mol. The number of carbonyl (C=O) groups is 2. The summed E-state index contributed by atoms with van der Waals surface area (Å²) >= 11 is 1.66. The summed E-state index contributed by atoms with van der Waals surface area (Å²) in [7, 11) is 0. The number of likely N-dealkylation sites (tertiary alicyclic amines) is 1. The number of hydrogen-bond donors (Lipinski definition) is 2. The molecule has 31 heavy (non-hydrogen) atoms. The number of halogens is 3. The van der Waals surface area contributed by atoms with Gasteiger partial charge in [0, 0.05) is 25.4 Å². The summed E-state index contributed by atoms with van der Waals surface area (Å²) in [5.41, 5.74) is -0.336. The maximum absolute atomic E-state index is 12.8. The lowest BCUT2D eigenvalue weighted by atomic mass is 10.0. The molecule has 2 saturated heterocycles. The molecule has 2 amide bonds. The van der Waals surface area contributed by atoms with E-state index in [-0.39, 0.29) is 23.2 Å². The first kappa shape index (κ1) is 21.8. The Bertz CT molecular complexity index is 941. The van der Waals surface area contributed by atoms with E-state index in [9.17, 15) is 22.8 Å². The quantitative estimate of drug-likeness (QED) is 0.744. The molecule has 1 spiro atoms. The molecule has 2 aliphatic rings. The summed E-state index contributed by atoms with van der Waals surface area (Å²) in [6, 6.07) is 7.83. The lowest BCUT2D eigenvalue weighted by Crippen LogP contribution is -2.54. The van der Waals surface area contributed by atoms with Crippen LogP contribution in [0.1, 0.15) is 34.5 Å². The van der Waals surface area contributed by atoms with Gasteiger partial charge in [0.05, 0.1) is 22.7 Å². The Balaban J connectivity index is 1.28. The van der Waals surface area contributed by atoms with Gasteiger partial charge in [-0.25, -0.2) is 0 Å². The molecular formula is C21H22F3N3O3S. The van der Waals surface area contributed by atoms with Crippen LogP contribution < -0.4 is 10.6 Å². The zero-order valence-electron chi connectivity index (χ0n) is 16.6. The fourth-order valence-corrected chi connectivity index (χ4v) is 5.29. The van der Waals surface area contributed by atoms with Crippen LogP contribution >= 0.6 is 11.8 Å². The van der Waals surface area contributed by atoms with Crippen molar-refractivity contribution in [1.82, 2.24) is 15.5 Å². The minimum atomic E-state index is -4.41. The number of furan rings is 1. The van der Waals surface area contributed by atoms with Crippen molar-refractivity contribution in [3.05, 3.63) is 59.5 Å². The van der Waals surface area contributed by atoms with E-state index in [2.05, 4.69) is 10.6 Å². The first-order chi connectivity index (χ1) is 14.8. The van der Waals surface area contributed by atoms with E-state index in [0.29, 0.717) is 43.0 Å². The minimum absolute atomic E-state index is 0.0318. The first-order valence-electron chi connectivity index (χ1n) is 9.94. The molecule has 0 saturated carbocycles. The van der Waals surface area contributed by atoms with E-state index in [4.69, 9.17) is 4.42 Å². The molecule has 1 unspecified atom stereocenters. The second-order valence-corrected chi connectivity index (χ2v) is 9.09. The van der Waals surface area contributed by atoms with Gasteiger partial charge in [-0.2, -0.15) is 13.2 Å². The number of piperidine rings is 1. The molecule has 0 aliphatic carbocycles. The minimum Gasteiger partial charge on any atom is -0.459 e. The fourth-order valence-electron chi connectivity index (χ4n) is 3.87. The molecule has 2 aromatic rings. The predicted octanol–water partition coefficient (Wildman–Crippen LogP) is 3.25. The molecule has 0 radical (unpaired) electrons. The topological polar surface area (TPSA) is 74.6 Å². The lowest BCUT2D eigenvalue weighted by molar-refractivity contribution is -0.137. The highest BCUT2D eigenvalue weighted by molar-refractivity contribution is 8.01. The van der Waals surface area contributed by atoms with Crippen LogP contribution in [-0.2, 0) is 17.5 Å². The van der Waals surface area contributed by atoms with Gasteiger partial charge in [0.1, 0.15) is 0 Å². The average Bonchev–Trinajstić information content (AvgIpc) is 3.43. The molecule has 166 valence electrons. The van der Waals surface area contributed by atoms with Crippen molar-refractivity contribution in [2.24, 2.45) is 0 Å². The fraction of sp³-hybridized carbons (Fsp3) is 0.429. The summed E-state index contributed by atoms with van der Waals surface area (Å²) in [4.78, 5) is 26.4. The third-order valence-corrected chi connectivity index (χ3v) is 7.17. The van der Waals surface area contributed by atoms with Crippen molar-refractivity contribution in [3.8, 4) is 0 Å². The van der Waals surface area contributed by atoms with Crippen molar-refractivity contribution in [3.63, 3.8) is 0 Å². The van der Waals surface area contributed by atoms with Crippen LogP contribution in [0.2, 0.25) is 0 Å². The third-order valence-electron chi connectivity index (χ3n) is 5.59. The SMILES string of the molecule is O=C(NCc1cccc(C(F)(F)F)c1)C1CSC2(CCN(C(=O)c3ccco3)CC2)N1. The van der Waals surface area contributed by atoms with Gasteiger partial charge in [-0.1, -0.05) is 12.1 Å². The Morgan fingerprint density at radius 1 is 1.23 bits per heavy atom. The third kappa shape index (κ3) is 4.90. The van der Waals surface area contributed by atoms with Crippen LogP contribution in [0.5, 0.6) is 0 Å². The van der Waals surface area contributed by atoms with Crippen LogP contribution in [0.15, 0.2) is 47.1 Å². The largest absolute Gasteiger partial charge is 0.459 e. The van der Waals surface area contributed by atoms with Gasteiger partial charge in [-0.3, -0.25) is 14.9 Å². The number of carbonyl (C=O) groups excluding carboxylic acids is 2. The maximum atomic E-state index is 12.8. The van der Waals surface area contributed by atoms with Gasteiger partial charge < -0.3 is 14.6 Å². The Morgan fingerprint density at radius 2 is 2.00 bits per heavy atom. The number of hydrogen-bond acceptors (Lipinski definition) is 5. The van der Waals surface area contributed by atoms with Crippen molar-refractivity contribution in [2.75, 3.05) is 18.8 Å². The molecule has 3 heterocycles. The van der Waals surface area contributed by atoms with Gasteiger partial charge >= 0.3 is 6.18 Å². The zero-order valence-corrected chi connectivity index (χ0v) is 17.4. The van der Waals surface area contributed by atoms with Gasteiger partial charge in [0.2, 0.25) is 5.91 Å². The highest BCUT2D eigenvalue weighted by Crippen LogP contribution is 2.39. The second kappa shape index (κ2) is 8.58. The number of benzene rings is 1. The van der Waals surface area contributed by atoms with Gasteiger partial charge in [0.25, 0.3) is 5.91 Å². The molecular weight excluding hydrogens is 431 g/mol. The molecule has 10 heteroatoms. The van der Waals surface area contributed by atoms with Crippen molar-refractivity contribution < 1.29 is 27.2 Å². The van der Waals surface area contributed by atoms with E-state index >= 15 is 0 Å². The van der Waals surface area contributed by atoms with Gasteiger partial charge in [-0.15, -0.1) is 11.8 Å². The summed E-state index contributed by atoms with van der Waals surface area (Å²) in [5.74, 6) is 0.504. The molecule has 2 fully saturated rings. The molecule has 1 aromatic carbocycles. The number of nitrogens with zero attached hydrogens (tertiary/aromatic N) is 1. The smallest absolute Gasteiger partial charge is 0.416 e. The second-order valence-electron chi connectivity index (χ2n) is 7.69. The zero-order chi connectivity index (χ0) is 22.1. The summed E-state index contributed by atoms with van der Waals surface area (Å²) in [6.45, 7) is 1.14. The Kier molecular flexibility index (Phi) is 6.02. The number of nitrogens with one attached hydrogen (secondary N) is 2. The van der Waals surface area contributed by atoms with E-state index in [1.807, 2.05) is 0 Å². The lowest BCUT2D eigenvalue weighted by Gasteiger charge is -2.38. The van der Waals surface area contributed by atoms with Crippen LogP contribution in [0.4, 0.5) is 13.2 Å². The summed E-state index contributed by atoms with van der Waals surface area (Å²) in [5, 5.41) is 6.11. The highest BCUT2D eigenvalue weighted by atomic mass is 32.2. The van der Waals surface area contributed by atoms with Crippen molar-refractivity contribution >= 4 is 23.6 Å². The molecule has 1 aromatic heterocycles. The van der Waals surface area contributed by atoms with E-state index in [0.717, 1.165) is 12.1 Å². The highest BCUT2D eigenvalue weighted by Gasteiger charge is 2.44. The number of alkyl halides is 3. The standard InChI is InChI=1S/C21H22F3N3O3S/c22-21(23,24)15-4-1-3-14(11-15)12-25-18(28)16-13-31-20(26-16)6-8-27(9-7-20)19(29)17-5-2-10-30-17/h1-5,10-11,16,26H,6-9,12-13H2,(H,25,28). The van der Waals surface area contributed by atoms with E-state index in [1.165, 1.54) is 12.3 Å². The first-order valence-corrected chi connectivity index (χ1v) is 10.9. The molecule has 6 nitrogen and oxygen atoms in total. The van der Waals surface area contributed by atoms with Crippen LogP contribution in [-0.4, -0.2) is 46.5 Å². The Hall–Kier alpha value is -2.46. The van der Waals surface area contributed by atoms with E-state index in [1.54, 1.807) is 34.9 Å². The van der Waals surface area contributed by atoms with Crippen LogP contribution in [0.25, 0.3) is 0 Å². The van der Waals surface area contributed by atoms with Gasteiger partial charge in [-0.05, 0) is 42.7 Å². The van der Waals surface area contributed by atoms with Crippen molar-refractivity contribution in [1.29, 1.82) is 0 Å². The molecule has 4 rings (SSSR count). The molecule has 2 N–H and O–H groups in total. The molecule has 1 atom stereocenters. The monoisotopic (exact) mass is 453 g/mol. The van der Waals surface area contributed by atoms with E-state index < -0.39 is 17.8 Å². The van der Waals surface area contributed by atoms with Gasteiger partial charge in [0.15, 0.2) is 5.76 Å². The normalized spacial score (nSPS) is 20.7.